The minimum atomic E-state index is -4.36. The molecular weight excluding hydrogens is 373 g/mol. The Morgan fingerprint density at radius 3 is 2.59 bits per heavy atom. The monoisotopic (exact) mass is 391 g/mol. The molecule has 0 aliphatic carbocycles. The maximum absolute atomic E-state index is 12.8. The van der Waals surface area contributed by atoms with Gasteiger partial charge in [0.05, 0.1) is 0 Å². The Morgan fingerprint density at radius 1 is 1.15 bits per heavy atom. The van der Waals surface area contributed by atoms with E-state index in [4.69, 9.17) is 0 Å². The number of carbonyl (C=O) groups is 1. The van der Waals surface area contributed by atoms with Crippen LogP contribution < -0.4 is 14.2 Å². The van der Waals surface area contributed by atoms with Crippen LogP contribution in [0.1, 0.15) is 11.3 Å². The lowest BCUT2D eigenvalue weighted by atomic mass is 10.1. The van der Waals surface area contributed by atoms with Crippen LogP contribution in [0, 0.1) is 12.7 Å². The first-order valence-electron chi connectivity index (χ1n) is 8.16. The van der Waals surface area contributed by atoms with E-state index in [-0.39, 0.29) is 12.3 Å². The summed E-state index contributed by atoms with van der Waals surface area (Å²) >= 11 is 0. The van der Waals surface area contributed by atoms with Crippen molar-refractivity contribution in [1.29, 1.82) is 0 Å². The van der Waals surface area contributed by atoms with Gasteiger partial charge in [-0.3, -0.25) is 0 Å². The summed E-state index contributed by atoms with van der Waals surface area (Å²) in [5.74, 6) is -0.635. The molecule has 7 nitrogen and oxygen atoms in total. The number of H-pyrrole nitrogens is 1. The Labute approximate surface area is 155 Å². The van der Waals surface area contributed by atoms with Crippen LogP contribution in [0.4, 0.5) is 9.18 Å². The van der Waals surface area contributed by atoms with Crippen molar-refractivity contribution in [1.82, 2.24) is 15.0 Å². The molecule has 27 heavy (non-hydrogen) atoms. The molecule has 1 heterocycles. The predicted octanol–water partition coefficient (Wildman–Crippen LogP) is 2.78. The van der Waals surface area contributed by atoms with E-state index in [2.05, 4.69) is 14.5 Å². The van der Waals surface area contributed by atoms with Gasteiger partial charge in [0.1, 0.15) is 11.6 Å². The molecule has 9 heteroatoms. The van der Waals surface area contributed by atoms with Crippen LogP contribution in [0.3, 0.4) is 0 Å². The summed E-state index contributed by atoms with van der Waals surface area (Å²) in [5, 5.41) is 3.54. The fraction of sp³-hybridized carbons (Fsp3) is 0.167. The molecule has 0 radical (unpaired) electrons. The third-order valence-electron chi connectivity index (χ3n) is 3.92. The summed E-state index contributed by atoms with van der Waals surface area (Å²) < 4.78 is 42.9. The summed E-state index contributed by atoms with van der Waals surface area (Å²) in [7, 11) is -4.36. The zero-order valence-electron chi connectivity index (χ0n) is 14.5. The van der Waals surface area contributed by atoms with Gasteiger partial charge < -0.3 is 14.5 Å². The fourth-order valence-electron chi connectivity index (χ4n) is 2.75. The summed E-state index contributed by atoms with van der Waals surface area (Å²) in [4.78, 5) is 15.1. The zero-order chi connectivity index (χ0) is 19.4. The number of para-hydroxylation sites is 1. The molecule has 0 fully saturated rings. The number of fused-ring (bicyclic) bond motifs is 1. The Hall–Kier alpha value is -3.07. The first-order chi connectivity index (χ1) is 12.8. The van der Waals surface area contributed by atoms with E-state index in [1.165, 1.54) is 0 Å². The van der Waals surface area contributed by atoms with Gasteiger partial charge in [0, 0.05) is 23.1 Å². The smallest absolute Gasteiger partial charge is 0.367 e. The van der Waals surface area contributed by atoms with Crippen molar-refractivity contribution < 1.29 is 21.8 Å². The van der Waals surface area contributed by atoms with Gasteiger partial charge in [-0.1, -0.05) is 18.2 Å². The van der Waals surface area contributed by atoms with E-state index < -0.39 is 22.2 Å². The number of hydrogen-bond donors (Lipinski definition) is 3. The molecule has 1 aromatic heterocycles. The normalized spacial score (nSPS) is 11.3. The van der Waals surface area contributed by atoms with Crippen molar-refractivity contribution in [3.63, 3.8) is 0 Å². The molecule has 0 saturated heterocycles. The SMILES string of the molecule is Cc1[nH]c2ccccc2c1CCNC(=O)NS(=O)(=O)Oc1ccc(F)cc1. The Bertz CT molecular complexity index is 1060. The molecule has 3 rings (SSSR count). The van der Waals surface area contributed by atoms with Crippen molar-refractivity contribution in [2.45, 2.75) is 13.3 Å². The van der Waals surface area contributed by atoms with E-state index in [1.54, 1.807) is 4.72 Å². The third kappa shape index (κ3) is 4.76. The van der Waals surface area contributed by atoms with E-state index >= 15 is 0 Å². The summed E-state index contributed by atoms with van der Waals surface area (Å²) in [6.07, 6.45) is 0.530. The molecule has 2 aromatic carbocycles. The second kappa shape index (κ2) is 7.67. The molecule has 0 spiro atoms. The van der Waals surface area contributed by atoms with Crippen LogP contribution in [0.2, 0.25) is 0 Å². The number of rotatable bonds is 6. The summed E-state index contributed by atoms with van der Waals surface area (Å²) in [6, 6.07) is 11.3. The second-order valence-electron chi connectivity index (χ2n) is 5.87. The van der Waals surface area contributed by atoms with Gasteiger partial charge in [0.15, 0.2) is 0 Å². The quantitative estimate of drug-likeness (QED) is 0.601. The topological polar surface area (TPSA) is 100 Å². The van der Waals surface area contributed by atoms with Gasteiger partial charge in [-0.2, -0.15) is 8.42 Å². The molecule has 0 saturated carbocycles. The van der Waals surface area contributed by atoms with Crippen LogP contribution in [0.15, 0.2) is 48.5 Å². The van der Waals surface area contributed by atoms with E-state index in [0.717, 1.165) is 46.4 Å². The van der Waals surface area contributed by atoms with Crippen molar-refractivity contribution in [2.24, 2.45) is 0 Å². The van der Waals surface area contributed by atoms with Crippen LogP contribution in [0.5, 0.6) is 5.75 Å². The lowest BCUT2D eigenvalue weighted by Gasteiger charge is -2.09. The van der Waals surface area contributed by atoms with Gasteiger partial charge >= 0.3 is 16.3 Å². The number of hydrogen-bond acceptors (Lipinski definition) is 4. The van der Waals surface area contributed by atoms with E-state index in [9.17, 15) is 17.6 Å². The molecule has 0 aliphatic heterocycles. The van der Waals surface area contributed by atoms with E-state index in [0.29, 0.717) is 6.42 Å². The Balaban J connectivity index is 1.54. The van der Waals surface area contributed by atoms with Crippen molar-refractivity contribution >= 4 is 27.2 Å². The zero-order valence-corrected chi connectivity index (χ0v) is 15.3. The molecule has 0 unspecified atom stereocenters. The highest BCUT2D eigenvalue weighted by atomic mass is 32.2. The van der Waals surface area contributed by atoms with Crippen LogP contribution in [0.25, 0.3) is 10.9 Å². The summed E-state index contributed by atoms with van der Waals surface area (Å²) in [6.45, 7) is 2.18. The Morgan fingerprint density at radius 2 is 1.85 bits per heavy atom. The highest BCUT2D eigenvalue weighted by Gasteiger charge is 2.17. The van der Waals surface area contributed by atoms with Crippen LogP contribution >= 0.6 is 0 Å². The minimum Gasteiger partial charge on any atom is -0.367 e. The average Bonchev–Trinajstić information content (AvgIpc) is 2.92. The highest BCUT2D eigenvalue weighted by molar-refractivity contribution is 7.85. The molecule has 3 N–H and O–H groups in total. The second-order valence-corrected chi connectivity index (χ2v) is 7.15. The maximum atomic E-state index is 12.8. The first-order valence-corrected chi connectivity index (χ1v) is 9.57. The van der Waals surface area contributed by atoms with Gasteiger partial charge in [-0.05, 0) is 49.2 Å². The standard InChI is InChI=1S/C18H18FN3O4S/c1-12-15(16-4-2-3-5-17(16)21-12)10-11-20-18(23)22-27(24,25)26-14-8-6-13(19)7-9-14/h2-9,21H,10-11H2,1H3,(H2,20,22,23). The van der Waals surface area contributed by atoms with Gasteiger partial charge in [-0.15, -0.1) is 0 Å². The maximum Gasteiger partial charge on any atom is 0.411 e. The number of halogens is 1. The fourth-order valence-corrected chi connectivity index (χ4v) is 3.45. The number of aromatic nitrogens is 1. The highest BCUT2D eigenvalue weighted by Crippen LogP contribution is 2.21. The van der Waals surface area contributed by atoms with Gasteiger partial charge in [0.2, 0.25) is 0 Å². The largest absolute Gasteiger partial charge is 0.411 e. The number of amides is 2. The van der Waals surface area contributed by atoms with Crippen molar-refractivity contribution in [3.05, 3.63) is 65.6 Å². The molecule has 142 valence electrons. The van der Waals surface area contributed by atoms with Gasteiger partial charge in [-0.25, -0.2) is 13.9 Å². The number of aromatic amines is 1. The van der Waals surface area contributed by atoms with Gasteiger partial charge in [0.25, 0.3) is 0 Å². The molecule has 0 bridgehead atoms. The summed E-state index contributed by atoms with van der Waals surface area (Å²) in [5.41, 5.74) is 3.05. The molecule has 0 atom stereocenters. The molecule has 0 aliphatic rings. The average molecular weight is 391 g/mol. The number of carbonyl (C=O) groups excluding carboxylic acids is 1. The molecule has 3 aromatic rings. The minimum absolute atomic E-state index is 0.105. The predicted molar refractivity (Wildman–Crippen MR) is 99.2 cm³/mol. The number of aryl methyl sites for hydroxylation is 1. The van der Waals surface area contributed by atoms with Crippen molar-refractivity contribution in [2.75, 3.05) is 6.54 Å². The lowest BCUT2D eigenvalue weighted by molar-refractivity contribution is 0.245. The molecular formula is C18H18FN3O4S. The number of benzene rings is 2. The first kappa shape index (κ1) is 18.7. The molecule has 2 amide bonds. The van der Waals surface area contributed by atoms with Crippen LogP contribution in [-0.4, -0.2) is 26.0 Å². The Kier molecular flexibility index (Phi) is 5.31. The number of urea groups is 1. The van der Waals surface area contributed by atoms with Crippen molar-refractivity contribution in [3.8, 4) is 5.75 Å². The number of nitrogens with one attached hydrogen (secondary N) is 3. The van der Waals surface area contributed by atoms with E-state index in [1.807, 2.05) is 31.2 Å². The lowest BCUT2D eigenvalue weighted by Crippen LogP contribution is -2.42. The van der Waals surface area contributed by atoms with Crippen LogP contribution in [-0.2, 0) is 16.7 Å². The third-order valence-corrected chi connectivity index (χ3v) is 4.77.